The van der Waals surface area contributed by atoms with Crippen LogP contribution in [0.4, 0.5) is 0 Å². The number of carbonyl (C=O) groups is 2. The third-order valence-corrected chi connectivity index (χ3v) is 6.68. The van der Waals surface area contributed by atoms with E-state index in [1.165, 1.54) is 29.5 Å². The van der Waals surface area contributed by atoms with Crippen LogP contribution in [0.15, 0.2) is 23.2 Å². The normalized spacial score (nSPS) is 18.5. The van der Waals surface area contributed by atoms with Crippen LogP contribution >= 0.6 is 34.7 Å². The zero-order valence-corrected chi connectivity index (χ0v) is 17.3. The highest BCUT2D eigenvalue weighted by molar-refractivity contribution is 8.00. The van der Waals surface area contributed by atoms with Crippen LogP contribution in [0.5, 0.6) is 0 Å². The van der Waals surface area contributed by atoms with Gasteiger partial charge in [0, 0.05) is 25.2 Å². The van der Waals surface area contributed by atoms with Gasteiger partial charge in [0.15, 0.2) is 4.80 Å². The number of aryl methyl sites for hydroxylation is 1. The summed E-state index contributed by atoms with van der Waals surface area (Å²) in [6.07, 6.45) is 2.25. The van der Waals surface area contributed by atoms with Crippen molar-refractivity contribution in [3.8, 4) is 0 Å². The molecule has 26 heavy (non-hydrogen) atoms. The van der Waals surface area contributed by atoms with Crippen LogP contribution < -0.4 is 4.80 Å². The standard InChI is InChI=1S/C18H22ClN3O2S2/c1-12-4-3-7-22(9-12)17(24)11-25-10-16(23)20-18-21(2)14-6-5-13(19)8-15(14)26-18/h5-6,8,12H,3-4,7,9-11H2,1-2H3. The first-order valence-electron chi connectivity index (χ1n) is 8.62. The molecule has 1 aromatic carbocycles. The van der Waals surface area contributed by atoms with E-state index >= 15 is 0 Å². The van der Waals surface area contributed by atoms with Crippen molar-refractivity contribution >= 4 is 56.7 Å². The molecule has 1 atom stereocenters. The molecule has 1 saturated heterocycles. The zero-order chi connectivity index (χ0) is 18.7. The van der Waals surface area contributed by atoms with Crippen LogP contribution in [0.25, 0.3) is 10.2 Å². The maximum Gasteiger partial charge on any atom is 0.258 e. The molecule has 1 aliphatic rings. The van der Waals surface area contributed by atoms with E-state index in [9.17, 15) is 9.59 Å². The first-order chi connectivity index (χ1) is 12.4. The number of amides is 2. The molecule has 0 spiro atoms. The number of carbonyl (C=O) groups excluding carboxylic acids is 2. The number of hydrogen-bond acceptors (Lipinski definition) is 4. The summed E-state index contributed by atoms with van der Waals surface area (Å²) >= 11 is 8.79. The van der Waals surface area contributed by atoms with Crippen molar-refractivity contribution in [2.45, 2.75) is 19.8 Å². The first-order valence-corrected chi connectivity index (χ1v) is 11.0. The van der Waals surface area contributed by atoms with E-state index in [-0.39, 0.29) is 17.6 Å². The van der Waals surface area contributed by atoms with Crippen molar-refractivity contribution in [3.63, 3.8) is 0 Å². The van der Waals surface area contributed by atoms with Crippen molar-refractivity contribution in [2.24, 2.45) is 18.0 Å². The van der Waals surface area contributed by atoms with Crippen LogP contribution in [-0.4, -0.2) is 45.9 Å². The van der Waals surface area contributed by atoms with E-state index in [0.717, 1.165) is 29.7 Å². The Hall–Kier alpha value is -1.31. The largest absolute Gasteiger partial charge is 0.342 e. The molecule has 0 N–H and O–H groups in total. The molecule has 0 saturated carbocycles. The van der Waals surface area contributed by atoms with E-state index < -0.39 is 0 Å². The van der Waals surface area contributed by atoms with Crippen molar-refractivity contribution < 1.29 is 9.59 Å². The number of piperidine rings is 1. The predicted molar refractivity (Wildman–Crippen MR) is 109 cm³/mol. The molecule has 1 unspecified atom stereocenters. The van der Waals surface area contributed by atoms with Gasteiger partial charge in [0.25, 0.3) is 5.91 Å². The van der Waals surface area contributed by atoms with Crippen molar-refractivity contribution in [3.05, 3.63) is 28.0 Å². The second-order valence-electron chi connectivity index (χ2n) is 6.64. The number of fused-ring (bicyclic) bond motifs is 1. The summed E-state index contributed by atoms with van der Waals surface area (Å²) in [6.45, 7) is 3.84. The second-order valence-corrected chi connectivity index (χ2v) is 9.07. The molecular formula is C18H22ClN3O2S2. The minimum Gasteiger partial charge on any atom is -0.342 e. The second kappa shape index (κ2) is 8.59. The van der Waals surface area contributed by atoms with Crippen LogP contribution in [0, 0.1) is 5.92 Å². The summed E-state index contributed by atoms with van der Waals surface area (Å²) in [6, 6.07) is 5.62. The molecule has 2 aromatic rings. The molecule has 0 aliphatic carbocycles. The Kier molecular flexibility index (Phi) is 6.42. The van der Waals surface area contributed by atoms with Crippen LogP contribution in [0.1, 0.15) is 19.8 Å². The summed E-state index contributed by atoms with van der Waals surface area (Å²) < 4.78 is 2.88. The Morgan fingerprint density at radius 3 is 2.96 bits per heavy atom. The highest BCUT2D eigenvalue weighted by atomic mass is 35.5. The lowest BCUT2D eigenvalue weighted by Crippen LogP contribution is -2.40. The predicted octanol–water partition coefficient (Wildman–Crippen LogP) is 3.31. The van der Waals surface area contributed by atoms with E-state index in [1.807, 2.05) is 34.7 Å². The van der Waals surface area contributed by atoms with Gasteiger partial charge in [0.1, 0.15) is 0 Å². The monoisotopic (exact) mass is 411 g/mol. The number of thioether (sulfide) groups is 1. The summed E-state index contributed by atoms with van der Waals surface area (Å²) in [5.41, 5.74) is 0.994. The molecular weight excluding hydrogens is 390 g/mol. The molecule has 140 valence electrons. The van der Waals surface area contributed by atoms with Gasteiger partial charge in [-0.3, -0.25) is 9.59 Å². The lowest BCUT2D eigenvalue weighted by atomic mass is 10.0. The van der Waals surface area contributed by atoms with Gasteiger partial charge in [-0.2, -0.15) is 4.99 Å². The zero-order valence-electron chi connectivity index (χ0n) is 14.9. The highest BCUT2D eigenvalue weighted by Crippen LogP contribution is 2.21. The third kappa shape index (κ3) is 4.69. The van der Waals surface area contributed by atoms with Crippen LogP contribution in [0.2, 0.25) is 5.02 Å². The minimum atomic E-state index is -0.219. The molecule has 1 fully saturated rings. The summed E-state index contributed by atoms with van der Waals surface area (Å²) in [5.74, 6) is 1.02. The number of nitrogens with zero attached hydrogens (tertiary/aromatic N) is 3. The van der Waals surface area contributed by atoms with Crippen LogP contribution in [0.3, 0.4) is 0 Å². The molecule has 0 radical (unpaired) electrons. The molecule has 5 nitrogen and oxygen atoms in total. The van der Waals surface area contributed by atoms with Crippen molar-refractivity contribution in [2.75, 3.05) is 24.6 Å². The smallest absolute Gasteiger partial charge is 0.258 e. The number of thiazole rings is 1. The Balaban J connectivity index is 1.58. The van der Waals surface area contributed by atoms with E-state index in [0.29, 0.717) is 21.5 Å². The number of rotatable bonds is 4. The average molecular weight is 412 g/mol. The molecule has 2 amide bonds. The average Bonchev–Trinajstić information content (AvgIpc) is 2.89. The fourth-order valence-corrected chi connectivity index (χ4v) is 5.10. The Morgan fingerprint density at radius 2 is 2.19 bits per heavy atom. The van der Waals surface area contributed by atoms with Gasteiger partial charge in [-0.05, 0) is 37.0 Å². The van der Waals surface area contributed by atoms with Crippen molar-refractivity contribution in [1.82, 2.24) is 9.47 Å². The van der Waals surface area contributed by atoms with Gasteiger partial charge in [-0.1, -0.05) is 29.9 Å². The van der Waals surface area contributed by atoms with E-state index in [4.69, 9.17) is 11.6 Å². The fraction of sp³-hybridized carbons (Fsp3) is 0.500. The number of aromatic nitrogens is 1. The number of halogens is 1. The van der Waals surface area contributed by atoms with Crippen LogP contribution in [-0.2, 0) is 16.6 Å². The topological polar surface area (TPSA) is 54.7 Å². The SMILES string of the molecule is CC1CCCN(C(=O)CSCC(=O)N=c2sc3cc(Cl)ccc3n2C)C1. The first kappa shape index (κ1) is 19.5. The van der Waals surface area contributed by atoms with Gasteiger partial charge in [0.2, 0.25) is 5.91 Å². The summed E-state index contributed by atoms with van der Waals surface area (Å²) in [4.78, 5) is 31.2. The molecule has 1 aliphatic heterocycles. The quantitative estimate of drug-likeness (QED) is 0.775. The molecule has 1 aromatic heterocycles. The number of likely N-dealkylation sites (tertiary alicyclic amines) is 1. The molecule has 3 rings (SSSR count). The van der Waals surface area contributed by atoms with Gasteiger partial charge in [-0.25, -0.2) is 0 Å². The minimum absolute atomic E-state index is 0.122. The summed E-state index contributed by atoms with van der Waals surface area (Å²) in [7, 11) is 1.88. The Morgan fingerprint density at radius 1 is 1.38 bits per heavy atom. The highest BCUT2D eigenvalue weighted by Gasteiger charge is 2.20. The lowest BCUT2D eigenvalue weighted by molar-refractivity contribution is -0.130. The lowest BCUT2D eigenvalue weighted by Gasteiger charge is -2.30. The van der Waals surface area contributed by atoms with Crippen molar-refractivity contribution in [1.29, 1.82) is 0 Å². The summed E-state index contributed by atoms with van der Waals surface area (Å²) in [5, 5.41) is 0.665. The Labute approximate surface area is 166 Å². The molecule has 0 bridgehead atoms. The maximum atomic E-state index is 12.2. The van der Waals surface area contributed by atoms with Gasteiger partial charge >= 0.3 is 0 Å². The third-order valence-electron chi connectivity index (χ3n) is 4.45. The number of hydrogen-bond donors (Lipinski definition) is 0. The fourth-order valence-electron chi connectivity index (χ4n) is 3.09. The van der Waals surface area contributed by atoms with E-state index in [2.05, 4.69) is 11.9 Å². The molecule has 2 heterocycles. The van der Waals surface area contributed by atoms with Gasteiger partial charge < -0.3 is 9.47 Å². The van der Waals surface area contributed by atoms with Gasteiger partial charge in [-0.15, -0.1) is 11.8 Å². The molecule has 8 heteroatoms. The maximum absolute atomic E-state index is 12.2. The van der Waals surface area contributed by atoms with Gasteiger partial charge in [0.05, 0.1) is 21.7 Å². The van der Waals surface area contributed by atoms with E-state index in [1.54, 1.807) is 0 Å². The number of benzene rings is 1. The Bertz CT molecular complexity index is 890.